The van der Waals surface area contributed by atoms with Gasteiger partial charge in [0, 0.05) is 0 Å². The maximum absolute atomic E-state index is 5.00. The topological polar surface area (TPSA) is 9.23 Å². The summed E-state index contributed by atoms with van der Waals surface area (Å²) in [5, 5.41) is 0. The highest BCUT2D eigenvalue weighted by Crippen LogP contribution is 1.94. The molecule has 0 heterocycles. The molecule has 0 rings (SSSR count). The molecular weight excluding hydrogens is 112 g/mol. The molecular formula is C8H16O. The molecule has 0 N–H and O–H groups in total. The van der Waals surface area contributed by atoms with Crippen LogP contribution in [-0.2, 0) is 4.74 Å². The lowest BCUT2D eigenvalue weighted by molar-refractivity contribution is 0.268. The van der Waals surface area contributed by atoms with Gasteiger partial charge in [0.05, 0.1) is 12.9 Å². The summed E-state index contributed by atoms with van der Waals surface area (Å²) in [6.07, 6.45) is 7.54. The van der Waals surface area contributed by atoms with Crippen molar-refractivity contribution >= 4 is 0 Å². The minimum Gasteiger partial charge on any atom is -0.502 e. The van der Waals surface area contributed by atoms with E-state index in [1.165, 1.54) is 12.8 Å². The van der Waals surface area contributed by atoms with Gasteiger partial charge in [-0.05, 0) is 25.8 Å². The minimum atomic E-state index is 0.780. The minimum absolute atomic E-state index is 0.780. The lowest BCUT2D eigenvalue weighted by atomic mass is 10.2. The number of unbranched alkanes of at least 4 members (excludes halogenated alkanes) is 2. The van der Waals surface area contributed by atoms with Crippen LogP contribution in [-0.4, -0.2) is 6.61 Å². The Morgan fingerprint density at radius 3 is 2.67 bits per heavy atom. The van der Waals surface area contributed by atoms with E-state index in [1.807, 2.05) is 6.92 Å². The SMILES string of the molecule is CCCC/C=C/OCC. The van der Waals surface area contributed by atoms with Crippen molar-refractivity contribution in [2.75, 3.05) is 6.61 Å². The Labute approximate surface area is 57.7 Å². The van der Waals surface area contributed by atoms with Crippen molar-refractivity contribution in [2.24, 2.45) is 0 Å². The molecule has 0 spiro atoms. The van der Waals surface area contributed by atoms with Gasteiger partial charge in [-0.25, -0.2) is 0 Å². The summed E-state index contributed by atoms with van der Waals surface area (Å²) >= 11 is 0. The summed E-state index contributed by atoms with van der Waals surface area (Å²) in [5.74, 6) is 0. The smallest absolute Gasteiger partial charge is 0.0845 e. The van der Waals surface area contributed by atoms with E-state index in [0.717, 1.165) is 13.0 Å². The molecule has 0 radical (unpaired) electrons. The van der Waals surface area contributed by atoms with Gasteiger partial charge in [0.15, 0.2) is 0 Å². The highest BCUT2D eigenvalue weighted by atomic mass is 16.5. The van der Waals surface area contributed by atoms with Crippen LogP contribution in [0.25, 0.3) is 0 Å². The van der Waals surface area contributed by atoms with Gasteiger partial charge in [-0.15, -0.1) is 0 Å². The Hall–Kier alpha value is -0.460. The van der Waals surface area contributed by atoms with Gasteiger partial charge in [-0.1, -0.05) is 13.3 Å². The zero-order chi connectivity index (χ0) is 6.95. The van der Waals surface area contributed by atoms with Crippen LogP contribution in [0.2, 0.25) is 0 Å². The van der Waals surface area contributed by atoms with Crippen molar-refractivity contribution in [3.8, 4) is 0 Å². The van der Waals surface area contributed by atoms with Gasteiger partial charge in [-0.2, -0.15) is 0 Å². The predicted molar refractivity (Wildman–Crippen MR) is 40.3 cm³/mol. The predicted octanol–water partition coefficient (Wildman–Crippen LogP) is 2.73. The molecule has 0 saturated carbocycles. The molecule has 0 aromatic carbocycles. The average molecular weight is 128 g/mol. The number of ether oxygens (including phenoxy) is 1. The van der Waals surface area contributed by atoms with Crippen LogP contribution >= 0.6 is 0 Å². The zero-order valence-electron chi connectivity index (χ0n) is 6.39. The molecule has 0 aromatic heterocycles. The summed E-state index contributed by atoms with van der Waals surface area (Å²) in [5.41, 5.74) is 0. The summed E-state index contributed by atoms with van der Waals surface area (Å²) in [6.45, 7) is 4.96. The zero-order valence-corrected chi connectivity index (χ0v) is 6.39. The van der Waals surface area contributed by atoms with Crippen molar-refractivity contribution in [1.29, 1.82) is 0 Å². The monoisotopic (exact) mass is 128 g/mol. The molecule has 0 fully saturated rings. The quantitative estimate of drug-likeness (QED) is 0.408. The molecule has 1 nitrogen and oxygen atoms in total. The second-order valence-electron chi connectivity index (χ2n) is 1.97. The third-order valence-electron chi connectivity index (χ3n) is 1.08. The van der Waals surface area contributed by atoms with Gasteiger partial charge in [0.25, 0.3) is 0 Å². The van der Waals surface area contributed by atoms with Crippen LogP contribution < -0.4 is 0 Å². The van der Waals surface area contributed by atoms with Gasteiger partial charge in [-0.3, -0.25) is 0 Å². The summed E-state index contributed by atoms with van der Waals surface area (Å²) in [7, 11) is 0. The van der Waals surface area contributed by atoms with Crippen molar-refractivity contribution in [2.45, 2.75) is 33.1 Å². The van der Waals surface area contributed by atoms with E-state index < -0.39 is 0 Å². The van der Waals surface area contributed by atoms with Gasteiger partial charge in [0.1, 0.15) is 0 Å². The number of hydrogen-bond acceptors (Lipinski definition) is 1. The molecule has 0 aromatic rings. The molecule has 0 amide bonds. The van der Waals surface area contributed by atoms with Crippen LogP contribution in [0.1, 0.15) is 33.1 Å². The molecule has 0 saturated heterocycles. The van der Waals surface area contributed by atoms with E-state index in [9.17, 15) is 0 Å². The highest BCUT2D eigenvalue weighted by molar-refractivity contribution is 4.72. The molecule has 0 bridgehead atoms. The Morgan fingerprint density at radius 2 is 2.11 bits per heavy atom. The van der Waals surface area contributed by atoms with Gasteiger partial charge >= 0.3 is 0 Å². The summed E-state index contributed by atoms with van der Waals surface area (Å²) in [4.78, 5) is 0. The largest absolute Gasteiger partial charge is 0.502 e. The van der Waals surface area contributed by atoms with Crippen LogP contribution in [0.4, 0.5) is 0 Å². The molecule has 9 heavy (non-hydrogen) atoms. The van der Waals surface area contributed by atoms with Gasteiger partial charge < -0.3 is 4.74 Å². The Balaban J connectivity index is 2.86. The molecule has 0 unspecified atom stereocenters. The second-order valence-corrected chi connectivity index (χ2v) is 1.97. The van der Waals surface area contributed by atoms with Crippen molar-refractivity contribution in [1.82, 2.24) is 0 Å². The summed E-state index contributed by atoms with van der Waals surface area (Å²) < 4.78 is 5.00. The van der Waals surface area contributed by atoms with E-state index in [-0.39, 0.29) is 0 Å². The lowest BCUT2D eigenvalue weighted by Crippen LogP contribution is -1.76. The molecule has 54 valence electrons. The third-order valence-corrected chi connectivity index (χ3v) is 1.08. The first-order chi connectivity index (χ1) is 4.41. The standard InChI is InChI=1S/C8H16O/c1-3-5-6-7-8-9-4-2/h7-8H,3-6H2,1-2H3/b8-7+. The first-order valence-electron chi connectivity index (χ1n) is 3.68. The molecule has 0 aliphatic heterocycles. The Morgan fingerprint density at radius 1 is 1.33 bits per heavy atom. The first-order valence-corrected chi connectivity index (χ1v) is 3.68. The third kappa shape index (κ3) is 7.54. The number of rotatable bonds is 5. The van der Waals surface area contributed by atoms with Gasteiger partial charge in [0.2, 0.25) is 0 Å². The van der Waals surface area contributed by atoms with Crippen LogP contribution in [0.3, 0.4) is 0 Å². The van der Waals surface area contributed by atoms with E-state index in [0.29, 0.717) is 0 Å². The number of hydrogen-bond donors (Lipinski definition) is 0. The molecule has 0 atom stereocenters. The molecule has 0 aliphatic carbocycles. The maximum Gasteiger partial charge on any atom is 0.0845 e. The van der Waals surface area contributed by atoms with Crippen LogP contribution in [0, 0.1) is 0 Å². The van der Waals surface area contributed by atoms with E-state index in [4.69, 9.17) is 4.74 Å². The fourth-order valence-electron chi connectivity index (χ4n) is 0.554. The average Bonchev–Trinajstić information content (AvgIpc) is 1.89. The van der Waals surface area contributed by atoms with Crippen LogP contribution in [0.5, 0.6) is 0 Å². The normalized spacial score (nSPS) is 10.4. The van der Waals surface area contributed by atoms with Crippen molar-refractivity contribution < 1.29 is 4.74 Å². The van der Waals surface area contributed by atoms with E-state index in [2.05, 4.69) is 13.0 Å². The first kappa shape index (κ1) is 8.54. The van der Waals surface area contributed by atoms with E-state index >= 15 is 0 Å². The number of allylic oxidation sites excluding steroid dienone is 1. The summed E-state index contributed by atoms with van der Waals surface area (Å²) in [6, 6.07) is 0. The maximum atomic E-state index is 5.00. The molecule has 1 heteroatoms. The van der Waals surface area contributed by atoms with Crippen molar-refractivity contribution in [3.63, 3.8) is 0 Å². The fraction of sp³-hybridized carbons (Fsp3) is 0.750. The lowest BCUT2D eigenvalue weighted by Gasteiger charge is -1.91. The highest BCUT2D eigenvalue weighted by Gasteiger charge is 1.76. The van der Waals surface area contributed by atoms with Crippen LogP contribution in [0.15, 0.2) is 12.3 Å². The van der Waals surface area contributed by atoms with Crippen molar-refractivity contribution in [3.05, 3.63) is 12.3 Å². The Kier molecular flexibility index (Phi) is 7.15. The van der Waals surface area contributed by atoms with E-state index in [1.54, 1.807) is 6.26 Å². The second kappa shape index (κ2) is 7.54. The Bertz CT molecular complexity index is 67.0. The fourth-order valence-corrected chi connectivity index (χ4v) is 0.554. The molecule has 0 aliphatic rings.